The zero-order chi connectivity index (χ0) is 78.9. The van der Waals surface area contributed by atoms with Gasteiger partial charge in [-0.2, -0.15) is 0 Å². The van der Waals surface area contributed by atoms with Crippen LogP contribution in [0.5, 0.6) is 0 Å². The van der Waals surface area contributed by atoms with Crippen molar-refractivity contribution >= 4 is 39.5 Å². The zero-order valence-electron chi connectivity index (χ0n) is 67.2. The number of carbonyl (C=O) groups excluding carboxylic acids is 4. The molecular formula is C89H146O17P2. The van der Waals surface area contributed by atoms with Crippen LogP contribution in [0.4, 0.5) is 0 Å². The van der Waals surface area contributed by atoms with Gasteiger partial charge < -0.3 is 33.8 Å². The van der Waals surface area contributed by atoms with Gasteiger partial charge in [0.15, 0.2) is 12.2 Å². The van der Waals surface area contributed by atoms with E-state index in [-0.39, 0.29) is 25.7 Å². The fourth-order valence-corrected chi connectivity index (χ4v) is 12.0. The summed E-state index contributed by atoms with van der Waals surface area (Å²) < 4.78 is 68.5. The number of allylic oxidation sites excluding steroid dienone is 27. The van der Waals surface area contributed by atoms with Crippen LogP contribution < -0.4 is 0 Å². The highest BCUT2D eigenvalue weighted by Crippen LogP contribution is 2.45. The van der Waals surface area contributed by atoms with E-state index < -0.39 is 97.5 Å². The SMILES string of the molecule is CC/C=C\C/C=C\C/C=C\C/C=C\C/C=C\CCCCCC(=O)OCC(COP(=O)(O)OCC(O)COP(=O)(O)OCC(COC(=O)CCCCCCCC/C=C\C/C=C\C/C=C\CCCCC)OC(=O)CCCCCCC/C=C\CCCCCCCC)OC(=O)C/C=C\C/C=C\C/C=C\C/C=C\C/C=C\CC. The third-order valence-corrected chi connectivity index (χ3v) is 18.6. The van der Waals surface area contributed by atoms with E-state index in [1.165, 1.54) is 57.8 Å². The first-order valence-corrected chi connectivity index (χ1v) is 44.4. The average molecular weight is 1550 g/mol. The van der Waals surface area contributed by atoms with Crippen molar-refractivity contribution in [3.05, 3.63) is 170 Å². The molecule has 0 spiro atoms. The topological polar surface area (TPSA) is 237 Å². The highest BCUT2D eigenvalue weighted by atomic mass is 31.2. The summed E-state index contributed by atoms with van der Waals surface area (Å²) in [5, 5.41) is 10.7. The Labute approximate surface area is 654 Å². The summed E-state index contributed by atoms with van der Waals surface area (Å²) in [5.41, 5.74) is 0. The number of hydrogen-bond acceptors (Lipinski definition) is 15. The van der Waals surface area contributed by atoms with Crippen molar-refractivity contribution < 1.29 is 80.2 Å². The third kappa shape index (κ3) is 78.5. The minimum absolute atomic E-state index is 0.0743. The van der Waals surface area contributed by atoms with Gasteiger partial charge in [-0.1, -0.05) is 294 Å². The second-order valence-electron chi connectivity index (χ2n) is 27.0. The number of ether oxygens (including phenoxy) is 4. The summed E-state index contributed by atoms with van der Waals surface area (Å²) in [6.07, 6.45) is 95.0. The summed E-state index contributed by atoms with van der Waals surface area (Å²) in [7, 11) is -10.0. The van der Waals surface area contributed by atoms with Crippen LogP contribution >= 0.6 is 15.6 Å². The van der Waals surface area contributed by atoms with Gasteiger partial charge in [-0.25, -0.2) is 9.13 Å². The highest BCUT2D eigenvalue weighted by Gasteiger charge is 2.30. The molecule has 3 N–H and O–H groups in total. The molecule has 17 nitrogen and oxygen atoms in total. The first kappa shape index (κ1) is 102. The molecule has 0 bridgehead atoms. The Morgan fingerprint density at radius 2 is 0.519 bits per heavy atom. The Hall–Kier alpha value is -5.58. The van der Waals surface area contributed by atoms with E-state index in [1.54, 1.807) is 12.2 Å². The van der Waals surface area contributed by atoms with Crippen LogP contribution in [0.25, 0.3) is 0 Å². The van der Waals surface area contributed by atoms with Gasteiger partial charge in [0.25, 0.3) is 0 Å². The fourth-order valence-electron chi connectivity index (χ4n) is 10.4. The lowest BCUT2D eigenvalue weighted by Crippen LogP contribution is -2.30. The minimum atomic E-state index is -5.02. The molecule has 0 aromatic heterocycles. The molecule has 0 heterocycles. The van der Waals surface area contributed by atoms with E-state index >= 15 is 0 Å². The van der Waals surface area contributed by atoms with Gasteiger partial charge >= 0.3 is 39.5 Å². The van der Waals surface area contributed by atoms with Crippen LogP contribution in [-0.2, 0) is 65.4 Å². The smallest absolute Gasteiger partial charge is 0.462 e. The number of carbonyl (C=O) groups is 4. The Bertz CT molecular complexity index is 2710. The van der Waals surface area contributed by atoms with Crippen LogP contribution in [0.3, 0.4) is 0 Å². The van der Waals surface area contributed by atoms with E-state index in [2.05, 4.69) is 174 Å². The number of phosphoric acid groups is 2. The van der Waals surface area contributed by atoms with Gasteiger partial charge in [-0.3, -0.25) is 37.3 Å². The Morgan fingerprint density at radius 1 is 0.278 bits per heavy atom. The molecule has 0 saturated heterocycles. The maximum atomic E-state index is 13.1. The molecule has 0 rings (SSSR count). The van der Waals surface area contributed by atoms with Crippen molar-refractivity contribution in [2.45, 2.75) is 329 Å². The van der Waals surface area contributed by atoms with Crippen molar-refractivity contribution in [3.63, 3.8) is 0 Å². The van der Waals surface area contributed by atoms with Crippen molar-refractivity contribution in [2.75, 3.05) is 39.6 Å². The quantitative estimate of drug-likeness (QED) is 0.0169. The first-order valence-electron chi connectivity index (χ1n) is 41.4. The van der Waals surface area contributed by atoms with E-state index in [4.69, 9.17) is 37.0 Å². The fraction of sp³-hybridized carbons (Fsp3) is 0.640. The second kappa shape index (κ2) is 79.5. The van der Waals surface area contributed by atoms with E-state index in [0.717, 1.165) is 173 Å². The summed E-state index contributed by atoms with van der Waals surface area (Å²) in [4.78, 5) is 73.1. The molecule has 0 aliphatic carbocycles. The molecule has 0 aliphatic rings. The summed E-state index contributed by atoms with van der Waals surface area (Å²) in [6, 6.07) is 0. The number of rotatable bonds is 76. The summed E-state index contributed by atoms with van der Waals surface area (Å²) in [6.45, 7) is 4.44. The number of unbranched alkanes of at least 4 members (excludes halogenated alkanes) is 23. The van der Waals surface area contributed by atoms with Crippen LogP contribution in [0.1, 0.15) is 310 Å². The Balaban J connectivity index is 5.48. The predicted octanol–water partition coefficient (Wildman–Crippen LogP) is 24.6. The zero-order valence-corrected chi connectivity index (χ0v) is 69.0. The molecule has 108 heavy (non-hydrogen) atoms. The van der Waals surface area contributed by atoms with Crippen molar-refractivity contribution in [1.82, 2.24) is 0 Å². The van der Waals surface area contributed by atoms with Gasteiger partial charge in [0.2, 0.25) is 0 Å². The largest absolute Gasteiger partial charge is 0.472 e. The molecule has 5 unspecified atom stereocenters. The normalized spacial score (nSPS) is 14.7. The lowest BCUT2D eigenvalue weighted by Gasteiger charge is -2.21. The lowest BCUT2D eigenvalue weighted by atomic mass is 10.1. The second-order valence-corrected chi connectivity index (χ2v) is 29.9. The molecule has 0 aromatic rings. The number of esters is 4. The van der Waals surface area contributed by atoms with Crippen LogP contribution in [-0.4, -0.2) is 96.7 Å². The first-order chi connectivity index (χ1) is 52.7. The maximum absolute atomic E-state index is 13.1. The third-order valence-electron chi connectivity index (χ3n) is 16.7. The van der Waals surface area contributed by atoms with Gasteiger partial charge in [-0.05, 0) is 161 Å². The molecule has 614 valence electrons. The van der Waals surface area contributed by atoms with E-state index in [0.29, 0.717) is 25.7 Å². The molecule has 0 fully saturated rings. The van der Waals surface area contributed by atoms with Gasteiger partial charge in [0.1, 0.15) is 19.3 Å². The van der Waals surface area contributed by atoms with Crippen LogP contribution in [0.15, 0.2) is 170 Å². The maximum Gasteiger partial charge on any atom is 0.472 e. The predicted molar refractivity (Wildman–Crippen MR) is 445 cm³/mol. The van der Waals surface area contributed by atoms with Crippen molar-refractivity contribution in [1.29, 1.82) is 0 Å². The molecule has 19 heteroatoms. The lowest BCUT2D eigenvalue weighted by molar-refractivity contribution is -0.161. The van der Waals surface area contributed by atoms with E-state index in [1.807, 2.05) is 12.2 Å². The average Bonchev–Trinajstić information content (AvgIpc) is 0.923. The molecule has 0 aliphatic heterocycles. The van der Waals surface area contributed by atoms with Crippen LogP contribution in [0.2, 0.25) is 0 Å². The van der Waals surface area contributed by atoms with Gasteiger partial charge in [-0.15, -0.1) is 0 Å². The number of aliphatic hydroxyl groups is 1. The molecule has 0 saturated carbocycles. The van der Waals surface area contributed by atoms with Crippen molar-refractivity contribution in [3.8, 4) is 0 Å². The molecule has 0 amide bonds. The molecule has 0 aromatic carbocycles. The minimum Gasteiger partial charge on any atom is -0.462 e. The number of phosphoric ester groups is 2. The number of aliphatic hydroxyl groups excluding tert-OH is 1. The Morgan fingerprint density at radius 3 is 0.861 bits per heavy atom. The van der Waals surface area contributed by atoms with Crippen LogP contribution in [0, 0.1) is 0 Å². The highest BCUT2D eigenvalue weighted by molar-refractivity contribution is 7.47. The number of hydrogen-bond donors (Lipinski definition) is 3. The Kier molecular flexibility index (Phi) is 75.4. The molecule has 0 radical (unpaired) electrons. The molecule has 5 atom stereocenters. The monoisotopic (exact) mass is 1550 g/mol. The van der Waals surface area contributed by atoms with Crippen molar-refractivity contribution in [2.24, 2.45) is 0 Å². The van der Waals surface area contributed by atoms with Gasteiger partial charge in [0.05, 0.1) is 32.8 Å². The summed E-state index contributed by atoms with van der Waals surface area (Å²) in [5.74, 6) is -2.39. The van der Waals surface area contributed by atoms with Gasteiger partial charge in [0, 0.05) is 19.3 Å². The summed E-state index contributed by atoms with van der Waals surface area (Å²) >= 11 is 0. The van der Waals surface area contributed by atoms with E-state index in [9.17, 15) is 43.2 Å². The molecular weight excluding hydrogens is 1400 g/mol. The standard InChI is InChI=1S/C89H146O17P2/c1-5-9-13-17-21-25-29-33-37-39-41-43-47-49-53-57-61-65-69-73-86(91)99-79-84(105-88(93)75-71-67-63-59-55-51-45-35-31-27-23-19-15-11-7-3)81-103-107(95,96)101-77-83(90)78-102-108(97,98)104-82-85(106-89(94)76-72-68-64-60-56-52-46-36-32-28-24-20-16-12-8-4)80-100-87(92)74-70-66-62-58-54-50-48-44-42-40-38-34-30-26-22-18-14-10-6-2/h9,11,13,15,21-23,25-27,33-38,41-46,49,53,55,59,67,71,83-85,90H,5-8,10,12,14,16-20,24,28-32,39-40,47-48,50-52,54,56-58,60-66,68-70,72-82H2,1-4H3,(H,95,96)(H,97,98)/b13-9-,15-11-,25-21-,26-22-,27-23-,37-33-,38-34-,43-41-,44-42-,45-35-,46-36-,53-49-,59-55-,71-67-.